The second-order valence-corrected chi connectivity index (χ2v) is 3.52. The van der Waals surface area contributed by atoms with Gasteiger partial charge in [-0.1, -0.05) is 6.07 Å². The van der Waals surface area contributed by atoms with Crippen molar-refractivity contribution in [1.82, 2.24) is 5.32 Å². The first-order valence-electron chi connectivity index (χ1n) is 4.08. The Morgan fingerprint density at radius 2 is 2.20 bits per heavy atom. The summed E-state index contributed by atoms with van der Waals surface area (Å²) in [5, 5.41) is 3.92. The number of carbonyl (C=O) groups is 3. The van der Waals surface area contributed by atoms with Crippen LogP contribution in [0.4, 0.5) is 0 Å². The molecule has 1 amide bonds. The van der Waals surface area contributed by atoms with Gasteiger partial charge < -0.3 is 10.1 Å². The van der Waals surface area contributed by atoms with Gasteiger partial charge in [-0.25, -0.2) is 4.79 Å². The Labute approximate surface area is 90.0 Å². The molecular weight excluding hydrogens is 218 g/mol. The number of methoxy groups -OCH3 is 1. The molecule has 0 aliphatic rings. The van der Waals surface area contributed by atoms with E-state index in [1.165, 1.54) is 11.3 Å². The summed E-state index contributed by atoms with van der Waals surface area (Å²) < 4.78 is 4.18. The van der Waals surface area contributed by atoms with Gasteiger partial charge in [0.1, 0.15) is 0 Å². The van der Waals surface area contributed by atoms with E-state index in [-0.39, 0.29) is 12.3 Å². The number of amides is 1. The van der Waals surface area contributed by atoms with Crippen LogP contribution in [0.2, 0.25) is 0 Å². The smallest absolute Gasteiger partial charge is 0.396 e. The van der Waals surface area contributed by atoms with Gasteiger partial charge in [-0.05, 0) is 11.4 Å². The third-order valence-electron chi connectivity index (χ3n) is 1.58. The summed E-state index contributed by atoms with van der Waals surface area (Å²) in [6.07, 6.45) is 0. The van der Waals surface area contributed by atoms with Crippen LogP contribution in [-0.2, 0) is 14.3 Å². The van der Waals surface area contributed by atoms with Crippen LogP contribution in [0.5, 0.6) is 0 Å². The summed E-state index contributed by atoms with van der Waals surface area (Å²) in [6, 6.07) is 3.39. The zero-order valence-corrected chi connectivity index (χ0v) is 8.80. The van der Waals surface area contributed by atoms with Crippen molar-refractivity contribution in [2.45, 2.75) is 0 Å². The van der Waals surface area contributed by atoms with Crippen LogP contribution in [-0.4, -0.2) is 31.3 Å². The van der Waals surface area contributed by atoms with Gasteiger partial charge in [0.15, 0.2) is 5.78 Å². The lowest BCUT2D eigenvalue weighted by Crippen LogP contribution is -2.35. The van der Waals surface area contributed by atoms with E-state index in [0.717, 1.165) is 7.11 Å². The predicted molar refractivity (Wildman–Crippen MR) is 53.7 cm³/mol. The summed E-state index contributed by atoms with van der Waals surface area (Å²) in [7, 11) is 1.10. The van der Waals surface area contributed by atoms with E-state index in [1.807, 2.05) is 0 Å². The highest BCUT2D eigenvalue weighted by Gasteiger charge is 2.15. The van der Waals surface area contributed by atoms with Gasteiger partial charge in [0.25, 0.3) is 0 Å². The molecule has 1 heterocycles. The molecule has 0 aliphatic carbocycles. The van der Waals surface area contributed by atoms with Crippen LogP contribution in [0.1, 0.15) is 9.67 Å². The molecule has 0 saturated carbocycles. The molecule has 6 heteroatoms. The molecule has 0 radical (unpaired) electrons. The highest BCUT2D eigenvalue weighted by atomic mass is 32.1. The normalized spacial score (nSPS) is 9.40. The lowest BCUT2D eigenvalue weighted by atomic mass is 10.3. The number of ether oxygens (including phenoxy) is 1. The Balaban J connectivity index is 2.41. The number of carbonyl (C=O) groups excluding carboxylic acids is 3. The number of rotatable bonds is 3. The van der Waals surface area contributed by atoms with Gasteiger partial charge in [0, 0.05) is 0 Å². The molecule has 0 unspecified atom stereocenters. The minimum atomic E-state index is -1.01. The first-order chi connectivity index (χ1) is 7.15. The Morgan fingerprint density at radius 1 is 1.47 bits per heavy atom. The molecule has 0 aromatic carbocycles. The third-order valence-corrected chi connectivity index (χ3v) is 2.49. The highest BCUT2D eigenvalue weighted by Crippen LogP contribution is 2.08. The van der Waals surface area contributed by atoms with Crippen LogP contribution in [0, 0.1) is 0 Å². The molecule has 5 nitrogen and oxygen atoms in total. The van der Waals surface area contributed by atoms with Crippen LogP contribution in [0.25, 0.3) is 0 Å². The number of thiophene rings is 1. The fourth-order valence-electron chi connectivity index (χ4n) is 0.850. The van der Waals surface area contributed by atoms with Crippen molar-refractivity contribution in [3.05, 3.63) is 22.4 Å². The Morgan fingerprint density at radius 3 is 2.73 bits per heavy atom. The molecule has 0 fully saturated rings. The van der Waals surface area contributed by atoms with Crippen molar-refractivity contribution < 1.29 is 19.1 Å². The Hall–Kier alpha value is -1.69. The molecule has 1 aromatic rings. The first kappa shape index (κ1) is 11.4. The standard InChI is InChI=1S/C9H9NO4S/c1-14-9(13)8(12)10-5-6(11)7-3-2-4-15-7/h2-4H,5H2,1H3,(H,10,12). The topological polar surface area (TPSA) is 72.5 Å². The van der Waals surface area contributed by atoms with E-state index < -0.39 is 11.9 Å². The number of ketones is 1. The zero-order valence-electron chi connectivity index (χ0n) is 7.98. The van der Waals surface area contributed by atoms with Crippen LogP contribution in [0.3, 0.4) is 0 Å². The van der Waals surface area contributed by atoms with Gasteiger partial charge in [0.2, 0.25) is 0 Å². The Kier molecular flexibility index (Phi) is 3.99. The minimum absolute atomic E-state index is 0.200. The summed E-state index contributed by atoms with van der Waals surface area (Å²) in [5.41, 5.74) is 0. The molecule has 80 valence electrons. The molecule has 0 aliphatic heterocycles. The van der Waals surface area contributed by atoms with Crippen LogP contribution >= 0.6 is 11.3 Å². The fraction of sp³-hybridized carbons (Fsp3) is 0.222. The minimum Gasteiger partial charge on any atom is -0.462 e. The van der Waals surface area contributed by atoms with Crippen molar-refractivity contribution >= 4 is 29.0 Å². The number of nitrogens with one attached hydrogen (secondary N) is 1. The van der Waals surface area contributed by atoms with E-state index in [4.69, 9.17) is 0 Å². The van der Waals surface area contributed by atoms with Crippen LogP contribution < -0.4 is 5.32 Å². The van der Waals surface area contributed by atoms with Crippen LogP contribution in [0.15, 0.2) is 17.5 Å². The molecule has 1 rings (SSSR count). The monoisotopic (exact) mass is 227 g/mol. The molecule has 0 saturated heterocycles. The molecule has 15 heavy (non-hydrogen) atoms. The van der Waals surface area contributed by atoms with Gasteiger partial charge >= 0.3 is 11.9 Å². The second-order valence-electron chi connectivity index (χ2n) is 2.57. The number of hydrogen-bond donors (Lipinski definition) is 1. The lowest BCUT2D eigenvalue weighted by Gasteiger charge is -2.00. The van der Waals surface area contributed by atoms with Crippen molar-refractivity contribution in [3.8, 4) is 0 Å². The second kappa shape index (κ2) is 5.26. The van der Waals surface area contributed by atoms with Gasteiger partial charge in [-0.2, -0.15) is 0 Å². The summed E-state index contributed by atoms with van der Waals surface area (Å²) in [6.45, 7) is -0.200. The fourth-order valence-corrected chi connectivity index (χ4v) is 1.51. The Bertz CT molecular complexity index is 371. The summed E-state index contributed by atoms with van der Waals surface area (Å²) in [5.74, 6) is -2.15. The summed E-state index contributed by atoms with van der Waals surface area (Å²) in [4.78, 5) is 33.5. The maximum absolute atomic E-state index is 11.4. The average molecular weight is 227 g/mol. The quantitative estimate of drug-likeness (QED) is 0.455. The van der Waals surface area contributed by atoms with E-state index in [0.29, 0.717) is 4.88 Å². The van der Waals surface area contributed by atoms with Crippen molar-refractivity contribution in [2.75, 3.05) is 13.7 Å². The van der Waals surface area contributed by atoms with Crippen molar-refractivity contribution in [1.29, 1.82) is 0 Å². The maximum Gasteiger partial charge on any atom is 0.396 e. The molecule has 0 atom stereocenters. The van der Waals surface area contributed by atoms with Gasteiger partial charge in [-0.3, -0.25) is 9.59 Å². The molecule has 1 N–H and O–H groups in total. The maximum atomic E-state index is 11.4. The van der Waals surface area contributed by atoms with E-state index in [9.17, 15) is 14.4 Å². The van der Waals surface area contributed by atoms with Gasteiger partial charge in [-0.15, -0.1) is 11.3 Å². The zero-order chi connectivity index (χ0) is 11.3. The van der Waals surface area contributed by atoms with E-state index >= 15 is 0 Å². The number of Topliss-reactive ketones (excluding diaryl/α,β-unsaturated/α-hetero) is 1. The lowest BCUT2D eigenvalue weighted by molar-refractivity contribution is -0.152. The third kappa shape index (κ3) is 3.17. The number of hydrogen-bond acceptors (Lipinski definition) is 5. The average Bonchev–Trinajstić information content (AvgIpc) is 2.77. The highest BCUT2D eigenvalue weighted by molar-refractivity contribution is 7.12. The summed E-state index contributed by atoms with van der Waals surface area (Å²) >= 11 is 1.28. The largest absolute Gasteiger partial charge is 0.462 e. The predicted octanol–water partition coefficient (Wildman–Crippen LogP) is 0.220. The first-order valence-corrected chi connectivity index (χ1v) is 4.96. The van der Waals surface area contributed by atoms with Gasteiger partial charge in [0.05, 0.1) is 18.5 Å². The van der Waals surface area contributed by atoms with Crippen molar-refractivity contribution in [3.63, 3.8) is 0 Å². The SMILES string of the molecule is COC(=O)C(=O)NCC(=O)c1cccs1. The van der Waals surface area contributed by atoms with Crippen molar-refractivity contribution in [2.24, 2.45) is 0 Å². The molecule has 0 spiro atoms. The molecule has 1 aromatic heterocycles. The van der Waals surface area contributed by atoms with E-state index in [2.05, 4.69) is 10.1 Å². The van der Waals surface area contributed by atoms with E-state index in [1.54, 1.807) is 17.5 Å². The molecule has 0 bridgehead atoms. The molecular formula is C9H9NO4S. The number of esters is 1.